The molecule has 1 aliphatic carbocycles. The highest BCUT2D eigenvalue weighted by atomic mass is 79.9. The topological polar surface area (TPSA) is 37.3 Å². The summed E-state index contributed by atoms with van der Waals surface area (Å²) in [4.78, 5) is 17.4. The number of para-hydroxylation sites is 1. The Morgan fingerprint density at radius 2 is 1.73 bits per heavy atom. The molecular formula is C27H24BrN3OS. The minimum Gasteiger partial charge on any atom is -0.310 e. The average Bonchev–Trinajstić information content (AvgIpc) is 3.43. The van der Waals surface area contributed by atoms with Crippen LogP contribution in [0.15, 0.2) is 77.4 Å². The van der Waals surface area contributed by atoms with Gasteiger partial charge in [-0.3, -0.25) is 0 Å². The van der Waals surface area contributed by atoms with Gasteiger partial charge in [0.25, 0.3) is 0 Å². The number of urea groups is 1. The molecule has 1 atom stereocenters. The third-order valence-electron chi connectivity index (χ3n) is 6.67. The molecular weight excluding hydrogens is 494 g/mol. The number of nitrogens with zero attached hydrogens (tertiary/aromatic N) is 2. The van der Waals surface area contributed by atoms with E-state index in [0.29, 0.717) is 6.54 Å². The predicted molar refractivity (Wildman–Crippen MR) is 137 cm³/mol. The number of halogens is 1. The molecule has 6 rings (SSSR count). The minimum absolute atomic E-state index is 0.0906. The fourth-order valence-electron chi connectivity index (χ4n) is 5.12. The molecule has 0 saturated carbocycles. The molecule has 1 aliphatic heterocycles. The van der Waals surface area contributed by atoms with Gasteiger partial charge in [0.05, 0.1) is 24.0 Å². The Kier molecular flexibility index (Phi) is 5.35. The minimum atomic E-state index is -0.178. The maximum absolute atomic E-state index is 13.9. The second-order valence-electron chi connectivity index (χ2n) is 8.65. The van der Waals surface area contributed by atoms with E-state index < -0.39 is 0 Å². The number of benzene rings is 2. The smallest absolute Gasteiger partial charge is 0.310 e. The van der Waals surface area contributed by atoms with Crippen molar-refractivity contribution >= 4 is 39.0 Å². The van der Waals surface area contributed by atoms with Crippen LogP contribution >= 0.6 is 27.3 Å². The lowest BCUT2D eigenvalue weighted by molar-refractivity contribution is 0.194. The van der Waals surface area contributed by atoms with Crippen molar-refractivity contribution in [3.8, 4) is 5.00 Å². The Morgan fingerprint density at radius 3 is 2.58 bits per heavy atom. The second kappa shape index (κ2) is 8.50. The van der Waals surface area contributed by atoms with E-state index >= 15 is 0 Å². The normalized spacial score (nSPS) is 17.0. The number of carbonyl (C=O) groups excluding carboxylic acids is 1. The molecule has 6 heteroatoms. The summed E-state index contributed by atoms with van der Waals surface area (Å²) in [5.74, 6) is 0. The highest BCUT2D eigenvalue weighted by Gasteiger charge is 2.36. The van der Waals surface area contributed by atoms with Crippen molar-refractivity contribution in [3.63, 3.8) is 0 Å². The first-order valence-corrected chi connectivity index (χ1v) is 13.0. The summed E-state index contributed by atoms with van der Waals surface area (Å²) in [5.41, 5.74) is 5.80. The summed E-state index contributed by atoms with van der Waals surface area (Å²) in [6.07, 6.45) is 6.88. The van der Waals surface area contributed by atoms with Gasteiger partial charge < -0.3 is 14.8 Å². The molecule has 0 fully saturated rings. The molecule has 0 spiro atoms. The van der Waals surface area contributed by atoms with E-state index in [1.54, 1.807) is 0 Å². The maximum Gasteiger partial charge on any atom is 0.323 e. The number of fused-ring (bicyclic) bond motifs is 5. The molecule has 3 heterocycles. The Labute approximate surface area is 206 Å². The van der Waals surface area contributed by atoms with Gasteiger partial charge in [0.15, 0.2) is 0 Å². The molecule has 33 heavy (non-hydrogen) atoms. The third-order valence-corrected chi connectivity index (χ3v) is 8.70. The van der Waals surface area contributed by atoms with Gasteiger partial charge in [0.1, 0.15) is 5.00 Å². The van der Waals surface area contributed by atoms with Crippen molar-refractivity contribution in [1.29, 1.82) is 0 Å². The molecule has 2 amide bonds. The van der Waals surface area contributed by atoms with E-state index in [1.165, 1.54) is 33.8 Å². The van der Waals surface area contributed by atoms with E-state index in [1.807, 2.05) is 46.6 Å². The van der Waals surface area contributed by atoms with E-state index in [9.17, 15) is 4.79 Å². The van der Waals surface area contributed by atoms with Gasteiger partial charge in [-0.15, -0.1) is 11.3 Å². The average molecular weight is 518 g/mol. The molecule has 0 saturated heterocycles. The van der Waals surface area contributed by atoms with E-state index in [-0.39, 0.29) is 12.1 Å². The standard InChI is InChI=1S/C27H24BrN3OS/c28-21-12-5-6-13-22(21)29-27(32)31-17-20-19-11-4-7-15-24(19)33-26(20)30-16-8-14-23(30)25(31)18-9-2-1-3-10-18/h1-3,5-6,8-10,12-14,16,25H,4,7,11,15,17H2,(H,29,32)/t25-/m1/s1. The van der Waals surface area contributed by atoms with Crippen LogP contribution in [0, 0.1) is 0 Å². The Morgan fingerprint density at radius 1 is 0.939 bits per heavy atom. The summed E-state index contributed by atoms with van der Waals surface area (Å²) >= 11 is 5.49. The Hall–Kier alpha value is -2.83. The van der Waals surface area contributed by atoms with Crippen LogP contribution in [0.25, 0.3) is 5.00 Å². The van der Waals surface area contributed by atoms with Gasteiger partial charge >= 0.3 is 6.03 Å². The quantitative estimate of drug-likeness (QED) is 0.297. The van der Waals surface area contributed by atoms with Gasteiger partial charge in [-0.25, -0.2) is 4.79 Å². The van der Waals surface area contributed by atoms with Crippen LogP contribution in [-0.4, -0.2) is 15.5 Å². The van der Waals surface area contributed by atoms with Crippen molar-refractivity contribution in [2.24, 2.45) is 0 Å². The SMILES string of the molecule is O=C(Nc1ccccc1Br)N1Cc2c(sc3c2CCCC3)-n2cccc2[C@H]1c1ccccc1. The number of hydrogen-bond donors (Lipinski definition) is 1. The zero-order valence-corrected chi connectivity index (χ0v) is 20.5. The molecule has 1 N–H and O–H groups in total. The van der Waals surface area contributed by atoms with Gasteiger partial charge in [0, 0.05) is 21.1 Å². The summed E-state index contributed by atoms with van der Waals surface area (Å²) in [7, 11) is 0. The van der Waals surface area contributed by atoms with E-state index in [4.69, 9.17) is 0 Å². The van der Waals surface area contributed by atoms with Crippen LogP contribution in [0.5, 0.6) is 0 Å². The van der Waals surface area contributed by atoms with Gasteiger partial charge in [-0.05, 0) is 77.0 Å². The Bertz CT molecular complexity index is 1330. The molecule has 2 aromatic heterocycles. The lowest BCUT2D eigenvalue weighted by Crippen LogP contribution is -2.38. The van der Waals surface area contributed by atoms with Gasteiger partial charge in [-0.1, -0.05) is 42.5 Å². The van der Waals surface area contributed by atoms with Crippen molar-refractivity contribution < 1.29 is 4.79 Å². The summed E-state index contributed by atoms with van der Waals surface area (Å²) in [6, 6.07) is 22.1. The molecule has 4 aromatic rings. The highest BCUT2D eigenvalue weighted by molar-refractivity contribution is 9.10. The summed E-state index contributed by atoms with van der Waals surface area (Å²) in [5, 5.41) is 4.44. The number of thiophene rings is 1. The number of nitrogens with one attached hydrogen (secondary N) is 1. The number of carbonyl (C=O) groups is 1. The second-order valence-corrected chi connectivity index (χ2v) is 10.6. The number of rotatable bonds is 2. The largest absolute Gasteiger partial charge is 0.323 e. The molecule has 2 aromatic carbocycles. The van der Waals surface area contributed by atoms with Crippen LogP contribution < -0.4 is 5.32 Å². The molecule has 0 bridgehead atoms. The molecule has 0 radical (unpaired) electrons. The zero-order valence-electron chi connectivity index (χ0n) is 18.1. The number of aromatic nitrogens is 1. The van der Waals surface area contributed by atoms with Crippen molar-refractivity contribution in [1.82, 2.24) is 9.47 Å². The fraction of sp³-hybridized carbons (Fsp3) is 0.222. The first-order chi connectivity index (χ1) is 16.2. The van der Waals surface area contributed by atoms with Crippen molar-refractivity contribution in [2.45, 2.75) is 38.3 Å². The van der Waals surface area contributed by atoms with Crippen LogP contribution in [0.4, 0.5) is 10.5 Å². The monoisotopic (exact) mass is 517 g/mol. The van der Waals surface area contributed by atoms with Crippen LogP contribution in [0.1, 0.15) is 46.1 Å². The number of anilines is 1. The first-order valence-electron chi connectivity index (χ1n) is 11.4. The maximum atomic E-state index is 13.9. The number of aryl methyl sites for hydroxylation is 1. The van der Waals surface area contributed by atoms with Crippen molar-refractivity contribution in [2.75, 3.05) is 5.32 Å². The van der Waals surface area contributed by atoms with Crippen LogP contribution in [-0.2, 0) is 19.4 Å². The number of hydrogen-bond acceptors (Lipinski definition) is 2. The molecule has 4 nitrogen and oxygen atoms in total. The molecule has 166 valence electrons. The lowest BCUT2D eigenvalue weighted by Gasteiger charge is -2.31. The number of amides is 2. The lowest BCUT2D eigenvalue weighted by atomic mass is 9.95. The van der Waals surface area contributed by atoms with Crippen molar-refractivity contribution in [3.05, 3.63) is 105 Å². The van der Waals surface area contributed by atoms with Crippen LogP contribution in [0.2, 0.25) is 0 Å². The van der Waals surface area contributed by atoms with Crippen LogP contribution in [0.3, 0.4) is 0 Å². The Balaban J connectivity index is 1.50. The van der Waals surface area contributed by atoms with E-state index in [0.717, 1.165) is 34.3 Å². The molecule has 0 unspecified atom stereocenters. The highest BCUT2D eigenvalue weighted by Crippen LogP contribution is 2.44. The van der Waals surface area contributed by atoms with E-state index in [2.05, 4.69) is 68.4 Å². The summed E-state index contributed by atoms with van der Waals surface area (Å²) < 4.78 is 3.20. The van der Waals surface area contributed by atoms with Gasteiger partial charge in [0.2, 0.25) is 0 Å². The van der Waals surface area contributed by atoms with Gasteiger partial charge in [-0.2, -0.15) is 0 Å². The first kappa shape index (κ1) is 20.8. The fourth-order valence-corrected chi connectivity index (χ4v) is 6.91. The predicted octanol–water partition coefficient (Wildman–Crippen LogP) is 7.32. The third kappa shape index (κ3) is 3.62. The molecule has 2 aliphatic rings. The summed E-state index contributed by atoms with van der Waals surface area (Å²) in [6.45, 7) is 0.596. The zero-order chi connectivity index (χ0) is 22.4.